The van der Waals surface area contributed by atoms with Crippen LogP contribution < -0.4 is 0 Å². The predicted molar refractivity (Wildman–Crippen MR) is 264 cm³/mol. The van der Waals surface area contributed by atoms with Crippen LogP contribution in [0.25, 0.3) is 94.9 Å². The third-order valence-corrected chi connectivity index (χ3v) is 12.9. The smallest absolute Gasteiger partial charge is 0.104 e. The number of hydrogen-bond acceptors (Lipinski definition) is 2. The van der Waals surface area contributed by atoms with Crippen molar-refractivity contribution in [3.8, 4) is 62.2 Å². The zero-order valence-corrected chi connectivity index (χ0v) is 34.9. The molecule has 0 bridgehead atoms. The van der Waals surface area contributed by atoms with Gasteiger partial charge in [-0.3, -0.25) is 0 Å². The number of nitriles is 1. The maximum atomic E-state index is 11.6. The molecule has 8 aromatic carbocycles. The van der Waals surface area contributed by atoms with E-state index < -0.39 is 0 Å². The summed E-state index contributed by atoms with van der Waals surface area (Å²) < 4.78 is 4.65. The molecule has 3 heterocycles. The molecule has 1 atom stereocenters. The highest BCUT2D eigenvalue weighted by atomic mass is 15.0. The van der Waals surface area contributed by atoms with Crippen LogP contribution in [0, 0.1) is 11.3 Å². The van der Waals surface area contributed by atoms with Gasteiger partial charge in [0.1, 0.15) is 11.6 Å². The van der Waals surface area contributed by atoms with Gasteiger partial charge in [0.25, 0.3) is 0 Å². The summed E-state index contributed by atoms with van der Waals surface area (Å²) in [7, 11) is 0. The summed E-state index contributed by atoms with van der Waals surface area (Å²) in [6, 6.07) is 77.7. The molecule has 4 heteroatoms. The molecule has 0 radical (unpaired) electrons. The van der Waals surface area contributed by atoms with Crippen molar-refractivity contribution in [2.75, 3.05) is 0 Å². The number of allylic oxidation sites excluding steroid dienone is 1. The second kappa shape index (κ2) is 15.4. The molecule has 0 spiro atoms. The molecule has 0 fully saturated rings. The first-order valence-electron chi connectivity index (χ1n) is 21.9. The molecule has 0 aliphatic heterocycles. The van der Waals surface area contributed by atoms with Gasteiger partial charge in [-0.05, 0) is 94.4 Å². The van der Waals surface area contributed by atoms with Gasteiger partial charge in [0.15, 0.2) is 0 Å². The van der Waals surface area contributed by atoms with Crippen molar-refractivity contribution in [2.45, 2.75) is 12.3 Å². The molecule has 3 aromatic heterocycles. The van der Waals surface area contributed by atoms with E-state index in [9.17, 15) is 5.26 Å². The van der Waals surface area contributed by atoms with Crippen LogP contribution in [0.3, 0.4) is 0 Å². The van der Waals surface area contributed by atoms with Gasteiger partial charge in [0.05, 0.1) is 39.3 Å². The minimum atomic E-state index is 0.244. The Morgan fingerprint density at radius 1 is 0.438 bits per heavy atom. The van der Waals surface area contributed by atoms with Crippen LogP contribution in [0.5, 0.6) is 0 Å². The number of hydrogen-bond donors (Lipinski definition) is 0. The fourth-order valence-corrected chi connectivity index (χ4v) is 9.90. The molecule has 0 N–H and O–H groups in total. The highest BCUT2D eigenvalue weighted by Gasteiger charge is 2.27. The summed E-state index contributed by atoms with van der Waals surface area (Å²) in [5.74, 6) is 0.244. The fraction of sp³-hybridized carbons (Fsp3) is 0.0333. The second-order valence-electron chi connectivity index (χ2n) is 16.6. The normalized spacial score (nSPS) is 13.3. The summed E-state index contributed by atoms with van der Waals surface area (Å²) in [5.41, 5.74) is 17.2. The number of benzene rings is 8. The molecule has 0 saturated carbocycles. The zero-order valence-electron chi connectivity index (χ0n) is 34.9. The van der Waals surface area contributed by atoms with Crippen LogP contribution in [0.4, 0.5) is 0 Å². The maximum Gasteiger partial charge on any atom is 0.104 e. The summed E-state index contributed by atoms with van der Waals surface area (Å²) >= 11 is 0. The van der Waals surface area contributed by atoms with E-state index in [1.165, 1.54) is 16.5 Å². The lowest BCUT2D eigenvalue weighted by Gasteiger charge is -2.22. The van der Waals surface area contributed by atoms with Crippen molar-refractivity contribution >= 4 is 38.8 Å². The van der Waals surface area contributed by atoms with Crippen molar-refractivity contribution in [1.29, 1.82) is 5.26 Å². The summed E-state index contributed by atoms with van der Waals surface area (Å²) in [6.45, 7) is 0. The molecule has 11 aromatic rings. The molecule has 1 unspecified atom stereocenters. The van der Waals surface area contributed by atoms with Gasteiger partial charge >= 0.3 is 0 Å². The Balaban J connectivity index is 1.17. The van der Waals surface area contributed by atoms with Crippen LogP contribution in [0.1, 0.15) is 28.3 Å². The molecule has 4 nitrogen and oxygen atoms in total. The molecule has 1 aliphatic carbocycles. The Kier molecular flexibility index (Phi) is 8.98. The maximum absolute atomic E-state index is 11.6. The number of para-hydroxylation sites is 2. The van der Waals surface area contributed by atoms with Crippen molar-refractivity contribution in [3.63, 3.8) is 0 Å². The Bertz CT molecular complexity index is 3570. The number of rotatable bonds is 7. The number of fused-ring (bicyclic) bond motifs is 6. The Labute approximate surface area is 371 Å². The van der Waals surface area contributed by atoms with Gasteiger partial charge in [-0.2, -0.15) is 5.26 Å². The van der Waals surface area contributed by atoms with Gasteiger partial charge in [0, 0.05) is 38.9 Å². The van der Waals surface area contributed by atoms with E-state index in [0.717, 1.165) is 95.6 Å². The standard InChI is InChI=1S/C60H40N4/c61-39-52-59(63-55-27-15-13-25-48(55)50-33-44(29-31-57(50)63)40-17-5-1-6-18-40)37-47(46-35-53(42-21-9-3-10-22-42)62-54(36-46)43-23-11-4-12-24-43)38-60(52)64-56-28-16-14-26-49(56)51-34-45(30-32-58(51)64)41-19-7-2-8-20-41/h1-33,35-38,45H,34H2. The first kappa shape index (κ1) is 37.3. The van der Waals surface area contributed by atoms with Gasteiger partial charge in [-0.1, -0.05) is 170 Å². The van der Waals surface area contributed by atoms with Crippen molar-refractivity contribution in [3.05, 3.63) is 241 Å². The molecule has 300 valence electrons. The largest absolute Gasteiger partial charge is 0.308 e. The molecule has 12 rings (SSSR count). The second-order valence-corrected chi connectivity index (χ2v) is 16.6. The summed E-state index contributed by atoms with van der Waals surface area (Å²) in [4.78, 5) is 5.25. The van der Waals surface area contributed by atoms with Crippen LogP contribution in [0.2, 0.25) is 0 Å². The van der Waals surface area contributed by atoms with Gasteiger partial charge < -0.3 is 9.13 Å². The lowest BCUT2D eigenvalue weighted by Crippen LogP contribution is -2.09. The Morgan fingerprint density at radius 3 is 1.59 bits per heavy atom. The highest BCUT2D eigenvalue weighted by molar-refractivity contribution is 6.11. The van der Waals surface area contributed by atoms with Crippen molar-refractivity contribution < 1.29 is 0 Å². The van der Waals surface area contributed by atoms with E-state index in [4.69, 9.17) is 4.98 Å². The van der Waals surface area contributed by atoms with Gasteiger partial charge in [-0.15, -0.1) is 0 Å². The van der Waals surface area contributed by atoms with Crippen LogP contribution >= 0.6 is 0 Å². The Hall–Kier alpha value is -8.52. The Morgan fingerprint density at radius 2 is 0.953 bits per heavy atom. The minimum absolute atomic E-state index is 0.244. The van der Waals surface area contributed by atoms with E-state index in [-0.39, 0.29) is 5.92 Å². The van der Waals surface area contributed by atoms with E-state index in [2.05, 4.69) is 228 Å². The monoisotopic (exact) mass is 816 g/mol. The molecule has 0 saturated heterocycles. The van der Waals surface area contributed by atoms with Crippen molar-refractivity contribution in [2.24, 2.45) is 0 Å². The predicted octanol–water partition coefficient (Wildman–Crippen LogP) is 15.0. The van der Waals surface area contributed by atoms with Crippen LogP contribution in [0.15, 0.2) is 218 Å². The van der Waals surface area contributed by atoms with Crippen LogP contribution in [-0.2, 0) is 6.42 Å². The third kappa shape index (κ3) is 6.25. The minimum Gasteiger partial charge on any atom is -0.308 e. The number of aromatic nitrogens is 3. The van der Waals surface area contributed by atoms with E-state index in [1.54, 1.807) is 0 Å². The molecule has 64 heavy (non-hydrogen) atoms. The quantitative estimate of drug-likeness (QED) is 0.161. The van der Waals surface area contributed by atoms with Gasteiger partial charge in [0.2, 0.25) is 0 Å². The van der Waals surface area contributed by atoms with Gasteiger partial charge in [-0.25, -0.2) is 4.98 Å². The van der Waals surface area contributed by atoms with E-state index in [1.807, 2.05) is 12.1 Å². The van der Waals surface area contributed by atoms with Crippen molar-refractivity contribution in [1.82, 2.24) is 14.1 Å². The third-order valence-electron chi connectivity index (χ3n) is 12.9. The lowest BCUT2D eigenvalue weighted by molar-refractivity contribution is 0.825. The number of nitrogens with zero attached hydrogens (tertiary/aromatic N) is 4. The first-order chi connectivity index (χ1) is 31.7. The summed E-state index contributed by atoms with van der Waals surface area (Å²) in [6.07, 6.45) is 5.48. The van der Waals surface area contributed by atoms with E-state index >= 15 is 0 Å². The molecule has 1 aliphatic rings. The molecular formula is C60H40N4. The SMILES string of the molecule is N#Cc1c(-n2c3c(c4ccccc42)CC(c2ccccc2)C=C3)cc(-c2cc(-c3ccccc3)nc(-c3ccccc3)c2)cc1-n1c2ccccc2c2cc(-c3ccccc3)ccc21. The highest BCUT2D eigenvalue weighted by Crippen LogP contribution is 2.43. The first-order valence-corrected chi connectivity index (χ1v) is 21.9. The number of pyridine rings is 1. The fourth-order valence-electron chi connectivity index (χ4n) is 9.90. The zero-order chi connectivity index (χ0) is 42.6. The average molecular weight is 817 g/mol. The molecule has 0 amide bonds. The van der Waals surface area contributed by atoms with Crippen LogP contribution in [-0.4, -0.2) is 14.1 Å². The van der Waals surface area contributed by atoms with E-state index in [0.29, 0.717) is 5.56 Å². The average Bonchev–Trinajstić information content (AvgIpc) is 3.89. The summed E-state index contributed by atoms with van der Waals surface area (Å²) in [5, 5.41) is 15.1. The molecular weight excluding hydrogens is 777 g/mol. The lowest BCUT2D eigenvalue weighted by atomic mass is 9.87. The topological polar surface area (TPSA) is 46.5 Å².